The molecule has 0 atom stereocenters. The molecule has 56 valence electrons. The van der Waals surface area contributed by atoms with Crippen LogP contribution in [-0.2, 0) is 0 Å². The van der Waals surface area contributed by atoms with E-state index in [1.165, 1.54) is 0 Å². The van der Waals surface area contributed by atoms with Crippen molar-refractivity contribution in [2.75, 3.05) is 0 Å². The van der Waals surface area contributed by atoms with E-state index >= 15 is 0 Å². The minimum atomic E-state index is -1.08. The van der Waals surface area contributed by atoms with E-state index in [0.29, 0.717) is 0 Å². The van der Waals surface area contributed by atoms with E-state index in [9.17, 15) is 0 Å². The molecule has 0 N–H and O–H groups in total. The van der Waals surface area contributed by atoms with Gasteiger partial charge in [0.15, 0.2) is 0 Å². The Morgan fingerprint density at radius 2 is 2.10 bits per heavy atom. The molecule has 1 rings (SSSR count). The lowest BCUT2D eigenvalue weighted by atomic mass is 11.3. The van der Waals surface area contributed by atoms with Crippen LogP contribution >= 0.6 is 11.4 Å². The van der Waals surface area contributed by atoms with Gasteiger partial charge in [0.1, 0.15) is 19.9 Å². The number of aromatic nitrogens is 3. The van der Waals surface area contributed by atoms with Crippen LogP contribution < -0.4 is 0 Å². The minimum Gasteiger partial charge on any atom is -0.222 e. The molecule has 1 aromatic heterocycles. The molecule has 0 spiro atoms. The molecule has 0 fully saturated rings. The number of hydrogen-bond acceptors (Lipinski definition) is 3. The lowest BCUT2D eigenvalue weighted by Gasteiger charge is -2.12. The Morgan fingerprint density at radius 3 is 2.50 bits per heavy atom. The second-order valence-corrected chi connectivity index (χ2v) is 12.0. The van der Waals surface area contributed by atoms with Gasteiger partial charge >= 0.3 is 0 Å². The average Bonchev–Trinajstić information content (AvgIpc) is 2.12. The third kappa shape index (κ3) is 2.53. The molecule has 0 aliphatic heterocycles. The number of rotatable bonds is 2. The molecule has 0 saturated carbocycles. The molecule has 1 heterocycles. The monoisotopic (exact) mass is 173 g/mol. The molecule has 1 aromatic rings. The zero-order chi connectivity index (χ0) is 7.61. The second-order valence-electron chi connectivity index (χ2n) is 3.00. The van der Waals surface area contributed by atoms with Crippen LogP contribution in [0, 0.1) is 0 Å². The van der Waals surface area contributed by atoms with E-state index in [-0.39, 0.29) is 0 Å². The average molecular weight is 173 g/mol. The molecular formula is C5H11N3SSi. The molecule has 0 aliphatic rings. The van der Waals surface area contributed by atoms with Gasteiger partial charge in [0, 0.05) is 0 Å². The van der Waals surface area contributed by atoms with Crippen molar-refractivity contribution in [3.63, 3.8) is 0 Å². The fourth-order valence-electron chi connectivity index (χ4n) is 0.525. The fraction of sp³-hybridized carbons (Fsp3) is 0.600. The summed E-state index contributed by atoms with van der Waals surface area (Å²) in [5, 5.41) is 4.00. The van der Waals surface area contributed by atoms with Crippen molar-refractivity contribution in [1.82, 2.24) is 14.2 Å². The van der Waals surface area contributed by atoms with Crippen molar-refractivity contribution < 1.29 is 0 Å². The Kier molecular flexibility index (Phi) is 2.15. The zero-order valence-electron chi connectivity index (χ0n) is 6.40. The van der Waals surface area contributed by atoms with Crippen LogP contribution in [0.25, 0.3) is 0 Å². The summed E-state index contributed by atoms with van der Waals surface area (Å²) in [5.41, 5.74) is 0. The Balaban J connectivity index is 2.57. The molecule has 0 aromatic carbocycles. The van der Waals surface area contributed by atoms with E-state index in [1.807, 2.05) is 4.09 Å². The normalized spacial score (nSPS) is 11.9. The van der Waals surface area contributed by atoms with E-state index in [2.05, 4.69) is 29.7 Å². The van der Waals surface area contributed by atoms with Crippen LogP contribution in [0.4, 0.5) is 0 Å². The van der Waals surface area contributed by atoms with Gasteiger partial charge in [0.2, 0.25) is 0 Å². The van der Waals surface area contributed by atoms with Crippen LogP contribution in [0.2, 0.25) is 19.6 Å². The van der Waals surface area contributed by atoms with E-state index in [4.69, 9.17) is 0 Å². The van der Waals surface area contributed by atoms with Gasteiger partial charge < -0.3 is 0 Å². The molecule has 0 radical (unpaired) electrons. The van der Waals surface area contributed by atoms with Crippen molar-refractivity contribution in [3.05, 3.63) is 12.7 Å². The SMILES string of the molecule is C[Si](C)(C)Sn1cncn1. The van der Waals surface area contributed by atoms with Gasteiger partial charge in [-0.3, -0.25) is 0 Å². The van der Waals surface area contributed by atoms with Gasteiger partial charge in [-0.15, -0.1) is 5.10 Å². The molecule has 0 unspecified atom stereocenters. The van der Waals surface area contributed by atoms with Gasteiger partial charge in [-0.25, -0.2) is 9.07 Å². The van der Waals surface area contributed by atoms with Crippen molar-refractivity contribution in [3.8, 4) is 0 Å². The van der Waals surface area contributed by atoms with Gasteiger partial charge in [-0.2, -0.15) is 0 Å². The highest BCUT2D eigenvalue weighted by atomic mass is 32.4. The standard InChI is InChI=1S/C5H11N3SSi/c1-10(2,3)9-8-5-6-4-7-8/h4-5H,1-3H3. The first-order valence-electron chi connectivity index (χ1n) is 3.12. The largest absolute Gasteiger partial charge is 0.222 e. The Hall–Kier alpha value is -0.293. The maximum Gasteiger partial charge on any atom is 0.138 e. The van der Waals surface area contributed by atoms with Crippen LogP contribution in [0.3, 0.4) is 0 Å². The highest BCUT2D eigenvalue weighted by Crippen LogP contribution is 2.19. The number of hydrogen-bond donors (Lipinski definition) is 0. The Bertz CT molecular complexity index is 191. The molecule has 0 aliphatic carbocycles. The van der Waals surface area contributed by atoms with Gasteiger partial charge in [0.25, 0.3) is 0 Å². The minimum absolute atomic E-state index is 1.08. The lowest BCUT2D eigenvalue weighted by Crippen LogP contribution is -2.16. The maximum absolute atomic E-state index is 4.00. The van der Waals surface area contributed by atoms with E-state index in [1.54, 1.807) is 24.1 Å². The van der Waals surface area contributed by atoms with E-state index < -0.39 is 7.22 Å². The lowest BCUT2D eigenvalue weighted by molar-refractivity contribution is 1.02. The number of nitrogens with zero attached hydrogens (tertiary/aromatic N) is 3. The third-order valence-corrected chi connectivity index (χ3v) is 3.89. The smallest absolute Gasteiger partial charge is 0.138 e. The summed E-state index contributed by atoms with van der Waals surface area (Å²) in [7, 11) is -1.08. The highest BCUT2D eigenvalue weighted by molar-refractivity contribution is 8.27. The predicted molar refractivity (Wildman–Crippen MR) is 46.4 cm³/mol. The molecule has 0 amide bonds. The predicted octanol–water partition coefficient (Wildman–Crippen LogP) is 1.61. The third-order valence-electron chi connectivity index (χ3n) is 0.765. The van der Waals surface area contributed by atoms with Crippen molar-refractivity contribution in [2.24, 2.45) is 0 Å². The topological polar surface area (TPSA) is 30.7 Å². The van der Waals surface area contributed by atoms with Crippen LogP contribution in [-0.4, -0.2) is 21.4 Å². The van der Waals surface area contributed by atoms with Crippen molar-refractivity contribution in [2.45, 2.75) is 19.6 Å². The second kappa shape index (κ2) is 2.75. The van der Waals surface area contributed by atoms with Gasteiger partial charge in [0.05, 0.1) is 0 Å². The first-order chi connectivity index (χ1) is 4.58. The summed E-state index contributed by atoms with van der Waals surface area (Å²) < 4.78 is 1.83. The Morgan fingerprint density at radius 1 is 1.40 bits per heavy atom. The summed E-state index contributed by atoms with van der Waals surface area (Å²) >= 11 is 1.79. The molecule has 3 nitrogen and oxygen atoms in total. The summed E-state index contributed by atoms with van der Waals surface area (Å²) in [6.07, 6.45) is 3.30. The van der Waals surface area contributed by atoms with Crippen molar-refractivity contribution >= 4 is 18.6 Å². The molecule has 5 heteroatoms. The summed E-state index contributed by atoms with van der Waals surface area (Å²) in [6.45, 7) is 6.83. The first-order valence-corrected chi connectivity index (χ1v) is 8.12. The molecule has 0 bridgehead atoms. The molecule has 0 saturated heterocycles. The quantitative estimate of drug-likeness (QED) is 0.637. The van der Waals surface area contributed by atoms with E-state index in [0.717, 1.165) is 0 Å². The van der Waals surface area contributed by atoms with Gasteiger partial charge in [-0.1, -0.05) is 31.0 Å². The maximum atomic E-state index is 4.00. The summed E-state index contributed by atoms with van der Waals surface area (Å²) in [6, 6.07) is 0. The van der Waals surface area contributed by atoms with Crippen LogP contribution in [0.15, 0.2) is 12.7 Å². The molecular weight excluding hydrogens is 162 g/mol. The van der Waals surface area contributed by atoms with Crippen molar-refractivity contribution in [1.29, 1.82) is 0 Å². The Labute approximate surface area is 65.6 Å². The first kappa shape index (κ1) is 7.81. The van der Waals surface area contributed by atoms with Crippen LogP contribution in [0.1, 0.15) is 0 Å². The summed E-state index contributed by atoms with van der Waals surface area (Å²) in [4.78, 5) is 3.86. The van der Waals surface area contributed by atoms with Gasteiger partial charge in [-0.05, 0) is 0 Å². The zero-order valence-corrected chi connectivity index (χ0v) is 8.22. The molecule has 10 heavy (non-hydrogen) atoms. The highest BCUT2D eigenvalue weighted by Gasteiger charge is 2.15. The summed E-state index contributed by atoms with van der Waals surface area (Å²) in [5.74, 6) is 0. The fourth-order valence-corrected chi connectivity index (χ4v) is 3.24. The van der Waals surface area contributed by atoms with Crippen LogP contribution in [0.5, 0.6) is 0 Å².